The van der Waals surface area contributed by atoms with Gasteiger partial charge < -0.3 is 24.7 Å². The lowest BCUT2D eigenvalue weighted by atomic mass is 10.1. The number of nitrogens with zero attached hydrogens (tertiary/aromatic N) is 2. The molecule has 0 radical (unpaired) electrons. The second kappa shape index (κ2) is 27.4. The molecule has 0 bridgehead atoms. The normalized spacial score (nSPS) is 11.4. The maximum absolute atomic E-state index is 11.9. The topological polar surface area (TPSA) is 90.3 Å². The molecular weight excluding hydrogens is 480 g/mol. The SMILES string of the molecule is CCCCCCCCCOC(=O)CCCCCCCN(CCCCCCCC(O)O)CCCC(=O)N(C)C. The fourth-order valence-corrected chi connectivity index (χ4v) is 4.66. The fourth-order valence-electron chi connectivity index (χ4n) is 4.66. The molecule has 0 aliphatic heterocycles. The van der Waals surface area contributed by atoms with Crippen molar-refractivity contribution in [3.05, 3.63) is 0 Å². The average molecular weight is 543 g/mol. The Balaban J connectivity index is 3.90. The first-order valence-corrected chi connectivity index (χ1v) is 15.8. The summed E-state index contributed by atoms with van der Waals surface area (Å²) in [4.78, 5) is 28.0. The predicted molar refractivity (Wildman–Crippen MR) is 157 cm³/mol. The standard InChI is InChI=1S/C31H62N2O5/c1-4-5-6-7-8-15-20-28-38-31(37)24-17-12-10-14-19-26-33(27-21-22-29(34)32(2)3)25-18-13-9-11-16-23-30(35)36/h30,35-36H,4-28H2,1-3H3. The first kappa shape index (κ1) is 36.8. The molecule has 0 aromatic rings. The van der Waals surface area contributed by atoms with Crippen LogP contribution in [0.15, 0.2) is 0 Å². The first-order valence-electron chi connectivity index (χ1n) is 15.8. The zero-order valence-corrected chi connectivity index (χ0v) is 25.3. The summed E-state index contributed by atoms with van der Waals surface area (Å²) in [6, 6.07) is 0. The summed E-state index contributed by atoms with van der Waals surface area (Å²) < 4.78 is 5.38. The van der Waals surface area contributed by atoms with Crippen molar-refractivity contribution in [1.82, 2.24) is 9.80 Å². The van der Waals surface area contributed by atoms with Gasteiger partial charge in [0.1, 0.15) is 0 Å². The number of esters is 1. The van der Waals surface area contributed by atoms with E-state index in [1.165, 1.54) is 38.5 Å². The van der Waals surface area contributed by atoms with E-state index in [-0.39, 0.29) is 11.9 Å². The van der Waals surface area contributed by atoms with E-state index in [4.69, 9.17) is 14.9 Å². The fraction of sp³-hybridized carbons (Fsp3) is 0.935. The van der Waals surface area contributed by atoms with Crippen LogP contribution in [0.3, 0.4) is 0 Å². The summed E-state index contributed by atoms with van der Waals surface area (Å²) in [5.74, 6) is 0.152. The molecule has 0 saturated heterocycles. The molecule has 0 atom stereocenters. The highest BCUT2D eigenvalue weighted by atomic mass is 16.5. The predicted octanol–water partition coefficient (Wildman–Crippen LogP) is 6.44. The van der Waals surface area contributed by atoms with Crippen LogP contribution in [0.4, 0.5) is 0 Å². The van der Waals surface area contributed by atoms with Gasteiger partial charge in [-0.3, -0.25) is 9.59 Å². The third-order valence-corrected chi connectivity index (χ3v) is 7.17. The van der Waals surface area contributed by atoms with Crippen molar-refractivity contribution in [1.29, 1.82) is 0 Å². The Morgan fingerprint density at radius 1 is 0.632 bits per heavy atom. The molecule has 7 heteroatoms. The van der Waals surface area contributed by atoms with Crippen molar-refractivity contribution < 1.29 is 24.5 Å². The number of carbonyl (C=O) groups is 2. The molecule has 0 aromatic heterocycles. The molecule has 38 heavy (non-hydrogen) atoms. The third kappa shape index (κ3) is 26.4. The molecule has 226 valence electrons. The minimum Gasteiger partial charge on any atom is -0.466 e. The minimum atomic E-state index is -1.18. The largest absolute Gasteiger partial charge is 0.466 e. The number of ether oxygens (including phenoxy) is 1. The van der Waals surface area contributed by atoms with Crippen LogP contribution in [0.25, 0.3) is 0 Å². The van der Waals surface area contributed by atoms with Crippen LogP contribution in [0, 0.1) is 0 Å². The molecule has 0 aromatic carbocycles. The maximum Gasteiger partial charge on any atom is 0.305 e. The first-order chi connectivity index (χ1) is 18.4. The van der Waals surface area contributed by atoms with Gasteiger partial charge in [-0.1, -0.05) is 84.0 Å². The molecule has 7 nitrogen and oxygen atoms in total. The highest BCUT2D eigenvalue weighted by Gasteiger charge is 2.09. The number of aliphatic hydroxyl groups is 2. The summed E-state index contributed by atoms with van der Waals surface area (Å²) in [7, 11) is 3.62. The van der Waals surface area contributed by atoms with Crippen molar-refractivity contribution in [2.24, 2.45) is 0 Å². The highest BCUT2D eigenvalue weighted by molar-refractivity contribution is 5.75. The number of amides is 1. The number of hydrogen-bond acceptors (Lipinski definition) is 6. The number of hydrogen-bond donors (Lipinski definition) is 2. The van der Waals surface area contributed by atoms with Crippen LogP contribution in [0.1, 0.15) is 142 Å². The monoisotopic (exact) mass is 542 g/mol. The molecule has 0 saturated carbocycles. The van der Waals surface area contributed by atoms with Gasteiger partial charge in [0.15, 0.2) is 6.29 Å². The van der Waals surface area contributed by atoms with Crippen molar-refractivity contribution in [2.75, 3.05) is 40.3 Å². The van der Waals surface area contributed by atoms with Gasteiger partial charge in [-0.2, -0.15) is 0 Å². The second-order valence-corrected chi connectivity index (χ2v) is 11.1. The third-order valence-electron chi connectivity index (χ3n) is 7.17. The Labute approximate surface area is 234 Å². The zero-order valence-electron chi connectivity index (χ0n) is 25.3. The van der Waals surface area contributed by atoms with Gasteiger partial charge in [0, 0.05) is 26.9 Å². The van der Waals surface area contributed by atoms with E-state index in [0.717, 1.165) is 96.7 Å². The van der Waals surface area contributed by atoms with E-state index in [0.29, 0.717) is 25.9 Å². The van der Waals surface area contributed by atoms with E-state index in [2.05, 4.69) is 11.8 Å². The van der Waals surface area contributed by atoms with Gasteiger partial charge in [-0.25, -0.2) is 0 Å². The molecule has 0 aliphatic rings. The number of rotatable bonds is 28. The van der Waals surface area contributed by atoms with Gasteiger partial charge in [-0.15, -0.1) is 0 Å². The second-order valence-electron chi connectivity index (χ2n) is 11.1. The van der Waals surface area contributed by atoms with E-state index in [9.17, 15) is 9.59 Å². The van der Waals surface area contributed by atoms with Crippen LogP contribution in [0.2, 0.25) is 0 Å². The quantitative estimate of drug-likeness (QED) is 0.0671. The van der Waals surface area contributed by atoms with Gasteiger partial charge in [0.25, 0.3) is 0 Å². The van der Waals surface area contributed by atoms with Gasteiger partial charge in [0.2, 0.25) is 5.91 Å². The Kier molecular flexibility index (Phi) is 26.5. The number of unbranched alkanes of at least 4 members (excludes halogenated alkanes) is 14. The molecule has 0 heterocycles. The van der Waals surface area contributed by atoms with Crippen molar-refractivity contribution in [2.45, 2.75) is 148 Å². The zero-order chi connectivity index (χ0) is 28.3. The molecule has 2 N–H and O–H groups in total. The van der Waals surface area contributed by atoms with Crippen molar-refractivity contribution in [3.63, 3.8) is 0 Å². The summed E-state index contributed by atoms with van der Waals surface area (Å²) in [5.41, 5.74) is 0. The lowest BCUT2D eigenvalue weighted by Gasteiger charge is -2.22. The lowest BCUT2D eigenvalue weighted by Crippen LogP contribution is -2.29. The van der Waals surface area contributed by atoms with Gasteiger partial charge >= 0.3 is 5.97 Å². The van der Waals surface area contributed by atoms with Crippen LogP contribution in [-0.4, -0.2) is 78.5 Å². The Morgan fingerprint density at radius 2 is 1.13 bits per heavy atom. The van der Waals surface area contributed by atoms with Crippen LogP contribution in [-0.2, 0) is 14.3 Å². The molecule has 0 aliphatic carbocycles. The van der Waals surface area contributed by atoms with E-state index >= 15 is 0 Å². The Morgan fingerprint density at radius 3 is 1.71 bits per heavy atom. The van der Waals surface area contributed by atoms with E-state index in [1.54, 1.807) is 4.90 Å². The summed E-state index contributed by atoms with van der Waals surface area (Å²) in [6.07, 6.45) is 20.8. The van der Waals surface area contributed by atoms with E-state index in [1.807, 2.05) is 14.1 Å². The summed E-state index contributed by atoms with van der Waals surface area (Å²) in [5, 5.41) is 17.9. The maximum atomic E-state index is 11.9. The van der Waals surface area contributed by atoms with Crippen LogP contribution >= 0.6 is 0 Å². The number of carbonyl (C=O) groups excluding carboxylic acids is 2. The smallest absolute Gasteiger partial charge is 0.305 e. The molecular formula is C31H62N2O5. The Bertz CT molecular complexity index is 542. The average Bonchev–Trinajstić information content (AvgIpc) is 2.88. The number of aliphatic hydroxyl groups excluding tert-OH is 1. The van der Waals surface area contributed by atoms with Crippen LogP contribution in [0.5, 0.6) is 0 Å². The van der Waals surface area contributed by atoms with Crippen molar-refractivity contribution in [3.8, 4) is 0 Å². The molecule has 0 rings (SSSR count). The summed E-state index contributed by atoms with van der Waals surface area (Å²) >= 11 is 0. The lowest BCUT2D eigenvalue weighted by molar-refractivity contribution is -0.143. The van der Waals surface area contributed by atoms with Gasteiger partial charge in [0.05, 0.1) is 6.61 Å². The highest BCUT2D eigenvalue weighted by Crippen LogP contribution is 2.12. The van der Waals surface area contributed by atoms with E-state index < -0.39 is 6.29 Å². The summed E-state index contributed by atoms with van der Waals surface area (Å²) in [6.45, 7) is 5.89. The molecule has 0 spiro atoms. The molecule has 0 fully saturated rings. The van der Waals surface area contributed by atoms with Crippen molar-refractivity contribution >= 4 is 11.9 Å². The van der Waals surface area contributed by atoms with Gasteiger partial charge in [-0.05, 0) is 64.6 Å². The molecule has 0 unspecified atom stereocenters. The van der Waals surface area contributed by atoms with Crippen LogP contribution < -0.4 is 0 Å². The minimum absolute atomic E-state index is 0.0398. The molecule has 1 amide bonds. The Hall–Kier alpha value is -1.18.